The molecule has 0 aromatic carbocycles. The van der Waals surface area contributed by atoms with Gasteiger partial charge in [0, 0.05) is 13.0 Å². The van der Waals surface area contributed by atoms with Gasteiger partial charge in [-0.3, -0.25) is 14.5 Å². The summed E-state index contributed by atoms with van der Waals surface area (Å²) in [5, 5.41) is 0. The van der Waals surface area contributed by atoms with Gasteiger partial charge in [0.2, 0.25) is 5.91 Å². The third-order valence-corrected chi connectivity index (χ3v) is 5.12. The van der Waals surface area contributed by atoms with E-state index in [4.69, 9.17) is 4.74 Å². The van der Waals surface area contributed by atoms with E-state index in [2.05, 4.69) is 4.74 Å². The fourth-order valence-electron chi connectivity index (χ4n) is 3.63. The van der Waals surface area contributed by atoms with Gasteiger partial charge in [-0.15, -0.1) is 0 Å². The predicted octanol–water partition coefficient (Wildman–Crippen LogP) is 2.31. The molecule has 2 fully saturated rings. The number of esters is 2. The predicted molar refractivity (Wildman–Crippen MR) is 92.5 cm³/mol. The Morgan fingerprint density at radius 1 is 0.938 bits per heavy atom. The number of carbonyl (C=O) groups is 4. The van der Waals surface area contributed by atoms with Crippen LogP contribution in [-0.2, 0) is 28.7 Å². The average Bonchev–Trinajstić information content (AvgIpc) is 3.32. The highest BCUT2D eigenvalue weighted by molar-refractivity contribution is 5.93. The molecule has 0 spiro atoms. The second-order valence-corrected chi connectivity index (χ2v) is 7.37. The number of hydrogen-bond acceptors (Lipinski definition) is 6. The number of carbonyl (C=O) groups excluding carboxylic acids is 4. The van der Waals surface area contributed by atoms with Crippen molar-refractivity contribution < 1.29 is 55.0 Å². The molecule has 3 unspecified atom stereocenters. The molecule has 0 bridgehead atoms. The lowest BCUT2D eigenvalue weighted by Crippen LogP contribution is -2.56. The van der Waals surface area contributed by atoms with Crippen LogP contribution in [0.1, 0.15) is 45.4 Å². The van der Waals surface area contributed by atoms with Crippen LogP contribution in [0.4, 0.5) is 26.3 Å². The first-order valence-electron chi connectivity index (χ1n) is 9.93. The first kappa shape index (κ1) is 25.7. The van der Waals surface area contributed by atoms with Gasteiger partial charge in [-0.25, -0.2) is 9.59 Å². The van der Waals surface area contributed by atoms with Crippen LogP contribution in [0.5, 0.6) is 0 Å². The number of nitrogens with zero attached hydrogens (tertiary/aromatic N) is 2. The van der Waals surface area contributed by atoms with Gasteiger partial charge in [-0.05, 0) is 25.7 Å². The Balaban J connectivity index is 2.23. The average molecular weight is 476 g/mol. The van der Waals surface area contributed by atoms with Gasteiger partial charge in [0.15, 0.2) is 6.23 Å². The van der Waals surface area contributed by atoms with Crippen LogP contribution in [0, 0.1) is 0 Å². The van der Waals surface area contributed by atoms with Crippen molar-refractivity contribution >= 4 is 23.8 Å². The van der Waals surface area contributed by atoms with Crippen LogP contribution in [0.15, 0.2) is 0 Å². The number of unbranched alkanes of at least 4 members (excludes halogenated alkanes) is 1. The Kier molecular flexibility index (Phi) is 7.99. The van der Waals surface area contributed by atoms with Crippen LogP contribution in [0.25, 0.3) is 0 Å². The van der Waals surface area contributed by atoms with E-state index < -0.39 is 67.3 Å². The molecule has 0 aromatic heterocycles. The first-order chi connectivity index (χ1) is 14.8. The van der Waals surface area contributed by atoms with Gasteiger partial charge < -0.3 is 14.4 Å². The summed E-state index contributed by atoms with van der Waals surface area (Å²) in [5.74, 6) is -7.21. The Labute approximate surface area is 178 Å². The largest absolute Gasteiger partial charge is 0.491 e. The molecule has 32 heavy (non-hydrogen) atoms. The minimum atomic E-state index is -5.53. The highest BCUT2D eigenvalue weighted by Crippen LogP contribution is 2.34. The second kappa shape index (κ2) is 9.94. The number of ether oxygens (including phenoxy) is 2. The fraction of sp³-hybridized carbons (Fsp3) is 0.778. The molecule has 2 aliphatic heterocycles. The van der Waals surface area contributed by atoms with E-state index in [0.717, 1.165) is 11.3 Å². The summed E-state index contributed by atoms with van der Waals surface area (Å²) in [4.78, 5) is 49.0. The summed E-state index contributed by atoms with van der Waals surface area (Å²) in [5.41, 5.74) is 0. The van der Waals surface area contributed by atoms with Crippen LogP contribution < -0.4 is 0 Å². The summed E-state index contributed by atoms with van der Waals surface area (Å²) in [6.45, 7) is 1.93. The molecule has 0 saturated carbocycles. The van der Waals surface area contributed by atoms with E-state index in [-0.39, 0.29) is 24.5 Å². The van der Waals surface area contributed by atoms with E-state index in [1.54, 1.807) is 0 Å². The summed E-state index contributed by atoms with van der Waals surface area (Å²) in [6.07, 6.45) is -12.5. The molecule has 0 aliphatic carbocycles. The van der Waals surface area contributed by atoms with E-state index in [1.807, 2.05) is 6.92 Å². The zero-order valence-electron chi connectivity index (χ0n) is 17.0. The molecule has 0 radical (unpaired) electrons. The molecular weight excluding hydrogens is 454 g/mol. The van der Waals surface area contributed by atoms with Gasteiger partial charge in [-0.1, -0.05) is 13.3 Å². The molecule has 2 rings (SSSR count). The molecule has 14 heteroatoms. The Bertz CT molecular complexity index is 740. The second-order valence-electron chi connectivity index (χ2n) is 7.37. The summed E-state index contributed by atoms with van der Waals surface area (Å²) in [6, 6.07) is -2.93. The maximum absolute atomic E-state index is 13.1. The van der Waals surface area contributed by atoms with Crippen molar-refractivity contribution in [3.8, 4) is 0 Å². The molecule has 2 aliphatic rings. The number of hydrogen-bond donors (Lipinski definition) is 0. The standard InChI is InChI=1S/C18H22F6N2O6/c1-2-3-9-31-14(28)11-5-4-8-25(11)13(27)10-6-7-12(32-16(30)18(22,23)24)26(10)15(29)17(19,20)21/h10-12H,2-9H2,1H3. The molecule has 2 amide bonds. The lowest BCUT2D eigenvalue weighted by molar-refractivity contribution is -0.219. The summed E-state index contributed by atoms with van der Waals surface area (Å²) >= 11 is 0. The van der Waals surface area contributed by atoms with Crippen molar-refractivity contribution in [3.05, 3.63) is 0 Å². The normalized spacial score (nSPS) is 23.9. The third kappa shape index (κ3) is 5.82. The van der Waals surface area contributed by atoms with Crippen molar-refractivity contribution in [2.24, 2.45) is 0 Å². The zero-order chi connectivity index (χ0) is 24.3. The van der Waals surface area contributed by atoms with Crippen molar-refractivity contribution in [1.29, 1.82) is 0 Å². The van der Waals surface area contributed by atoms with E-state index in [0.29, 0.717) is 12.8 Å². The Morgan fingerprint density at radius 2 is 1.59 bits per heavy atom. The van der Waals surface area contributed by atoms with Crippen molar-refractivity contribution in [1.82, 2.24) is 9.80 Å². The van der Waals surface area contributed by atoms with Crippen molar-refractivity contribution in [3.63, 3.8) is 0 Å². The number of rotatable bonds is 6. The Hall–Kier alpha value is -2.54. The number of halogens is 6. The van der Waals surface area contributed by atoms with Gasteiger partial charge in [-0.2, -0.15) is 26.3 Å². The van der Waals surface area contributed by atoms with Gasteiger partial charge in [0.25, 0.3) is 0 Å². The van der Waals surface area contributed by atoms with Crippen LogP contribution in [-0.4, -0.2) is 77.4 Å². The van der Waals surface area contributed by atoms with Crippen LogP contribution in [0.3, 0.4) is 0 Å². The maximum Gasteiger partial charge on any atom is 0.491 e. The molecule has 2 saturated heterocycles. The van der Waals surface area contributed by atoms with E-state index >= 15 is 0 Å². The lowest BCUT2D eigenvalue weighted by atomic mass is 10.1. The molecule has 182 valence electrons. The molecule has 0 aromatic rings. The third-order valence-electron chi connectivity index (χ3n) is 5.12. The SMILES string of the molecule is CCCCOC(=O)C1CCCN1C(=O)C1CCC(OC(=O)C(F)(F)F)N1C(=O)C(F)(F)F. The maximum atomic E-state index is 13.1. The topological polar surface area (TPSA) is 93.2 Å². The molecule has 0 N–H and O–H groups in total. The van der Waals surface area contributed by atoms with Crippen molar-refractivity contribution in [2.45, 2.75) is 76.1 Å². The number of amides is 2. The summed E-state index contributed by atoms with van der Waals surface area (Å²) < 4.78 is 85.9. The van der Waals surface area contributed by atoms with Gasteiger partial charge in [0.1, 0.15) is 12.1 Å². The van der Waals surface area contributed by atoms with Crippen LogP contribution >= 0.6 is 0 Å². The number of alkyl halides is 6. The monoisotopic (exact) mass is 476 g/mol. The van der Waals surface area contributed by atoms with Crippen LogP contribution in [0.2, 0.25) is 0 Å². The quantitative estimate of drug-likeness (QED) is 0.332. The fourth-order valence-corrected chi connectivity index (χ4v) is 3.63. The van der Waals surface area contributed by atoms with Crippen molar-refractivity contribution in [2.75, 3.05) is 13.2 Å². The Morgan fingerprint density at radius 3 is 2.16 bits per heavy atom. The highest BCUT2D eigenvalue weighted by Gasteiger charge is 2.55. The molecule has 8 nitrogen and oxygen atoms in total. The highest BCUT2D eigenvalue weighted by atomic mass is 19.4. The first-order valence-corrected chi connectivity index (χ1v) is 9.93. The lowest BCUT2D eigenvalue weighted by Gasteiger charge is -2.33. The van der Waals surface area contributed by atoms with Gasteiger partial charge >= 0.3 is 30.2 Å². The van der Waals surface area contributed by atoms with E-state index in [9.17, 15) is 45.5 Å². The minimum absolute atomic E-state index is 0.00999. The minimum Gasteiger partial charge on any atom is -0.464 e. The zero-order valence-corrected chi connectivity index (χ0v) is 17.0. The molecule has 2 heterocycles. The molecule has 3 atom stereocenters. The van der Waals surface area contributed by atoms with E-state index in [1.165, 1.54) is 0 Å². The van der Waals surface area contributed by atoms with Gasteiger partial charge in [0.05, 0.1) is 6.61 Å². The summed E-state index contributed by atoms with van der Waals surface area (Å²) in [7, 11) is 0. The number of likely N-dealkylation sites (tertiary alicyclic amines) is 2. The smallest absolute Gasteiger partial charge is 0.464 e. The molecular formula is C18H22F6N2O6.